The van der Waals surface area contributed by atoms with Gasteiger partial charge in [-0.3, -0.25) is 9.59 Å². The van der Waals surface area contributed by atoms with E-state index in [1.165, 1.54) is 0 Å². The second kappa shape index (κ2) is 6.00. The van der Waals surface area contributed by atoms with Crippen LogP contribution in [0.25, 0.3) is 0 Å². The van der Waals surface area contributed by atoms with Gasteiger partial charge >= 0.3 is 0 Å². The molecule has 2 rings (SSSR count). The molecular weight excluding hydrogens is 238 g/mol. The van der Waals surface area contributed by atoms with Gasteiger partial charge in [-0.2, -0.15) is 0 Å². The number of likely N-dealkylation sites (tertiary alicyclic amines) is 1. The van der Waals surface area contributed by atoms with E-state index < -0.39 is 0 Å². The van der Waals surface area contributed by atoms with E-state index >= 15 is 0 Å². The van der Waals surface area contributed by atoms with Gasteiger partial charge in [-0.15, -0.1) is 0 Å². The quantitative estimate of drug-likeness (QED) is 0.837. The largest absolute Gasteiger partial charge is 0.335 e. The van der Waals surface area contributed by atoms with E-state index in [-0.39, 0.29) is 17.7 Å². The lowest BCUT2D eigenvalue weighted by Gasteiger charge is -2.35. The summed E-state index contributed by atoms with van der Waals surface area (Å²) in [5.41, 5.74) is 1.82. The number of rotatable bonds is 3. The van der Waals surface area contributed by atoms with Gasteiger partial charge in [0.05, 0.1) is 0 Å². The van der Waals surface area contributed by atoms with Gasteiger partial charge in [0.2, 0.25) is 0 Å². The summed E-state index contributed by atoms with van der Waals surface area (Å²) in [6.45, 7) is 4.36. The first-order chi connectivity index (χ1) is 9.08. The van der Waals surface area contributed by atoms with E-state index in [9.17, 15) is 9.59 Å². The van der Waals surface area contributed by atoms with Crippen LogP contribution in [0.2, 0.25) is 0 Å². The van der Waals surface area contributed by atoms with Crippen molar-refractivity contribution in [2.24, 2.45) is 0 Å². The summed E-state index contributed by atoms with van der Waals surface area (Å²) in [5.74, 6) is 0.226. The maximum atomic E-state index is 12.6. The Morgan fingerprint density at radius 1 is 1.32 bits per heavy atom. The van der Waals surface area contributed by atoms with Crippen LogP contribution in [0, 0.1) is 6.92 Å². The number of nitrogens with zero attached hydrogens (tertiary/aromatic N) is 1. The summed E-state index contributed by atoms with van der Waals surface area (Å²) in [6.07, 6.45) is 3.57. The molecule has 0 aliphatic carbocycles. The summed E-state index contributed by atoms with van der Waals surface area (Å²) < 4.78 is 0. The minimum atomic E-state index is 0.0645. The van der Waals surface area contributed by atoms with E-state index in [1.807, 2.05) is 36.1 Å². The molecule has 1 aromatic carbocycles. The van der Waals surface area contributed by atoms with Crippen LogP contribution < -0.4 is 0 Å². The SMILES string of the molecule is CC(=O)CC1CCCCN1C(=O)c1cccc(C)c1. The molecule has 1 heterocycles. The maximum Gasteiger partial charge on any atom is 0.254 e. The molecule has 3 nitrogen and oxygen atoms in total. The first-order valence-corrected chi connectivity index (χ1v) is 6.95. The van der Waals surface area contributed by atoms with E-state index in [1.54, 1.807) is 6.92 Å². The van der Waals surface area contributed by atoms with Crippen LogP contribution in [0.3, 0.4) is 0 Å². The highest BCUT2D eigenvalue weighted by Gasteiger charge is 2.28. The van der Waals surface area contributed by atoms with Gasteiger partial charge in [0.15, 0.2) is 0 Å². The smallest absolute Gasteiger partial charge is 0.254 e. The predicted molar refractivity (Wildman–Crippen MR) is 75.2 cm³/mol. The number of ketones is 1. The molecule has 19 heavy (non-hydrogen) atoms. The van der Waals surface area contributed by atoms with Crippen molar-refractivity contribution in [3.63, 3.8) is 0 Å². The summed E-state index contributed by atoms with van der Waals surface area (Å²) in [6, 6.07) is 7.75. The van der Waals surface area contributed by atoms with Gasteiger partial charge in [0, 0.05) is 24.6 Å². The number of piperidine rings is 1. The number of carbonyl (C=O) groups excluding carboxylic acids is 2. The van der Waals surface area contributed by atoms with Crippen molar-refractivity contribution in [3.8, 4) is 0 Å². The van der Waals surface area contributed by atoms with Crippen LogP contribution in [-0.2, 0) is 4.79 Å². The molecule has 1 aromatic rings. The van der Waals surface area contributed by atoms with E-state index in [0.717, 1.165) is 36.9 Å². The first kappa shape index (κ1) is 13.8. The number of aryl methyl sites for hydroxylation is 1. The lowest BCUT2D eigenvalue weighted by atomic mass is 9.96. The average Bonchev–Trinajstić information content (AvgIpc) is 2.38. The minimum absolute atomic E-state index is 0.0645. The molecule has 1 amide bonds. The Morgan fingerprint density at radius 2 is 2.11 bits per heavy atom. The van der Waals surface area contributed by atoms with Crippen LogP contribution in [0.4, 0.5) is 0 Å². The molecule has 0 N–H and O–H groups in total. The van der Waals surface area contributed by atoms with Crippen molar-refractivity contribution in [3.05, 3.63) is 35.4 Å². The topological polar surface area (TPSA) is 37.4 Å². The Hall–Kier alpha value is -1.64. The molecule has 1 unspecified atom stereocenters. The summed E-state index contributed by atoms with van der Waals surface area (Å²) in [4.78, 5) is 25.8. The van der Waals surface area contributed by atoms with Crippen LogP contribution >= 0.6 is 0 Å². The van der Waals surface area contributed by atoms with Gasteiger partial charge in [-0.05, 0) is 45.2 Å². The van der Waals surface area contributed by atoms with E-state index in [0.29, 0.717) is 6.42 Å². The Balaban J connectivity index is 2.17. The molecule has 1 saturated heterocycles. The Morgan fingerprint density at radius 3 is 2.79 bits per heavy atom. The number of amides is 1. The molecule has 102 valence electrons. The number of benzene rings is 1. The number of Topliss-reactive ketones (excluding diaryl/α,β-unsaturated/α-hetero) is 1. The first-order valence-electron chi connectivity index (χ1n) is 6.95. The van der Waals surface area contributed by atoms with Gasteiger partial charge in [-0.1, -0.05) is 17.7 Å². The zero-order chi connectivity index (χ0) is 13.8. The van der Waals surface area contributed by atoms with Crippen molar-refractivity contribution in [1.29, 1.82) is 0 Å². The Bertz CT molecular complexity index is 481. The van der Waals surface area contributed by atoms with Gasteiger partial charge in [0.25, 0.3) is 5.91 Å². The second-order valence-electron chi connectivity index (χ2n) is 5.42. The third-order valence-electron chi connectivity index (χ3n) is 3.68. The number of carbonyl (C=O) groups is 2. The monoisotopic (exact) mass is 259 g/mol. The third kappa shape index (κ3) is 3.43. The van der Waals surface area contributed by atoms with Crippen molar-refractivity contribution < 1.29 is 9.59 Å². The van der Waals surface area contributed by atoms with Crippen molar-refractivity contribution in [1.82, 2.24) is 4.90 Å². The van der Waals surface area contributed by atoms with Crippen LogP contribution in [0.1, 0.15) is 48.5 Å². The van der Waals surface area contributed by atoms with Crippen LogP contribution in [-0.4, -0.2) is 29.2 Å². The van der Waals surface area contributed by atoms with E-state index in [4.69, 9.17) is 0 Å². The standard InChI is InChI=1S/C16H21NO2/c1-12-6-5-7-14(10-12)16(19)17-9-4-3-8-15(17)11-13(2)18/h5-7,10,15H,3-4,8-9,11H2,1-2H3. The van der Waals surface area contributed by atoms with Crippen molar-refractivity contribution >= 4 is 11.7 Å². The Kier molecular flexibility index (Phi) is 4.35. The molecule has 0 spiro atoms. The van der Waals surface area contributed by atoms with Gasteiger partial charge in [0.1, 0.15) is 5.78 Å². The highest BCUT2D eigenvalue weighted by atomic mass is 16.2. The summed E-state index contributed by atoms with van der Waals surface area (Å²) in [5, 5.41) is 0. The molecule has 1 fully saturated rings. The van der Waals surface area contributed by atoms with Crippen LogP contribution in [0.5, 0.6) is 0 Å². The molecule has 0 saturated carbocycles. The minimum Gasteiger partial charge on any atom is -0.335 e. The predicted octanol–water partition coefficient (Wildman–Crippen LogP) is 2.97. The lowest BCUT2D eigenvalue weighted by Crippen LogP contribution is -2.44. The highest BCUT2D eigenvalue weighted by Crippen LogP contribution is 2.22. The fourth-order valence-corrected chi connectivity index (χ4v) is 2.76. The van der Waals surface area contributed by atoms with E-state index in [2.05, 4.69) is 0 Å². The van der Waals surface area contributed by atoms with Gasteiger partial charge in [-0.25, -0.2) is 0 Å². The maximum absolute atomic E-state index is 12.6. The molecule has 0 aromatic heterocycles. The molecule has 0 bridgehead atoms. The zero-order valence-electron chi connectivity index (χ0n) is 11.7. The Labute approximate surface area is 114 Å². The normalized spacial score (nSPS) is 19.3. The molecule has 1 aliphatic rings. The summed E-state index contributed by atoms with van der Waals surface area (Å²) in [7, 11) is 0. The van der Waals surface area contributed by atoms with Gasteiger partial charge < -0.3 is 4.90 Å². The third-order valence-corrected chi connectivity index (χ3v) is 3.68. The van der Waals surface area contributed by atoms with Crippen LogP contribution in [0.15, 0.2) is 24.3 Å². The fraction of sp³-hybridized carbons (Fsp3) is 0.500. The second-order valence-corrected chi connectivity index (χ2v) is 5.42. The zero-order valence-corrected chi connectivity index (χ0v) is 11.7. The average molecular weight is 259 g/mol. The molecule has 1 aliphatic heterocycles. The molecule has 3 heteroatoms. The number of hydrogen-bond acceptors (Lipinski definition) is 2. The molecular formula is C16H21NO2. The molecule has 0 radical (unpaired) electrons. The number of hydrogen-bond donors (Lipinski definition) is 0. The molecule has 1 atom stereocenters. The fourth-order valence-electron chi connectivity index (χ4n) is 2.76. The summed E-state index contributed by atoms with van der Waals surface area (Å²) >= 11 is 0. The lowest BCUT2D eigenvalue weighted by molar-refractivity contribution is -0.118. The van der Waals surface area contributed by atoms with Crippen molar-refractivity contribution in [2.75, 3.05) is 6.54 Å². The van der Waals surface area contributed by atoms with Crippen molar-refractivity contribution in [2.45, 2.75) is 45.6 Å². The highest BCUT2D eigenvalue weighted by molar-refractivity contribution is 5.95.